The maximum atomic E-state index is 2.80. The molecule has 2 heteroatoms. The molecular weight excluding hydrogens is 232 g/mol. The molecule has 0 aromatic heterocycles. The van der Waals surface area contributed by atoms with Crippen LogP contribution in [0.3, 0.4) is 0 Å². The van der Waals surface area contributed by atoms with Crippen LogP contribution >= 0.6 is 0 Å². The molecule has 0 atom stereocenters. The van der Waals surface area contributed by atoms with Crippen LogP contribution in [0.5, 0.6) is 0 Å². The quantitative estimate of drug-likeness (QED) is 0.812. The molecule has 1 heterocycles. The van der Waals surface area contributed by atoms with Crippen LogP contribution in [-0.2, 0) is 0 Å². The van der Waals surface area contributed by atoms with Gasteiger partial charge in [-0.2, -0.15) is 0 Å². The number of hydrogen-bond acceptors (Lipinski definition) is 1. The van der Waals surface area contributed by atoms with E-state index in [0.29, 0.717) is 16.6 Å². The molecule has 0 bridgehead atoms. The second-order valence-corrected chi connectivity index (χ2v) is 8.17. The van der Waals surface area contributed by atoms with E-state index in [0.717, 1.165) is 6.04 Å². The summed E-state index contributed by atoms with van der Waals surface area (Å²) in [5.41, 5.74) is 1.09. The number of rotatable bonds is 5. The zero-order chi connectivity index (χ0) is 14.9. The standard InChI is InChI=1S/C17H36N2/c1-9-17(8,10-2)19(11-3)14-12-15(4,5)18-16(6,7)13-14/h14,18H,9-13H2,1-8H3/p+1. The van der Waals surface area contributed by atoms with Gasteiger partial charge in [0.2, 0.25) is 0 Å². The molecule has 0 amide bonds. The van der Waals surface area contributed by atoms with Gasteiger partial charge in [-0.05, 0) is 54.0 Å². The molecular formula is C17H37N2+. The first kappa shape index (κ1) is 17.0. The molecule has 0 aromatic rings. The Morgan fingerprint density at radius 1 is 1.00 bits per heavy atom. The van der Waals surface area contributed by atoms with Gasteiger partial charge in [0.15, 0.2) is 0 Å². The van der Waals surface area contributed by atoms with Crippen molar-refractivity contribution in [1.29, 1.82) is 0 Å². The Bertz CT molecular complexity index is 274. The number of piperidine rings is 1. The van der Waals surface area contributed by atoms with Crippen molar-refractivity contribution in [3.63, 3.8) is 0 Å². The molecule has 0 aliphatic carbocycles. The number of quaternary nitrogens is 1. The monoisotopic (exact) mass is 269 g/mol. The minimum atomic E-state index is 0.363. The Morgan fingerprint density at radius 2 is 1.42 bits per heavy atom. The highest BCUT2D eigenvalue weighted by molar-refractivity contribution is 4.95. The third kappa shape index (κ3) is 3.95. The van der Waals surface area contributed by atoms with Crippen molar-refractivity contribution in [2.45, 2.75) is 104 Å². The molecule has 2 N–H and O–H groups in total. The molecule has 2 nitrogen and oxygen atoms in total. The molecule has 0 saturated carbocycles. The third-order valence-electron chi connectivity index (χ3n) is 5.30. The number of nitrogens with two attached hydrogens (primary N) is 1. The van der Waals surface area contributed by atoms with E-state index in [9.17, 15) is 0 Å². The number of hydrogen-bond donors (Lipinski definition) is 1. The van der Waals surface area contributed by atoms with E-state index in [1.54, 1.807) is 0 Å². The van der Waals surface area contributed by atoms with Crippen LogP contribution in [0.2, 0.25) is 0 Å². The summed E-state index contributed by atoms with van der Waals surface area (Å²) in [5, 5.41) is 2.58. The smallest absolute Gasteiger partial charge is 0.0923 e. The molecule has 19 heavy (non-hydrogen) atoms. The Hall–Kier alpha value is -0.0800. The normalized spacial score (nSPS) is 23.8. The molecule has 114 valence electrons. The lowest BCUT2D eigenvalue weighted by molar-refractivity contribution is -0.789. The summed E-state index contributed by atoms with van der Waals surface area (Å²) in [7, 11) is 0. The minimum Gasteiger partial charge on any atom is -0.337 e. The van der Waals surface area contributed by atoms with Crippen LogP contribution < -0.4 is 5.32 Å². The number of nitrogens with zero attached hydrogens (tertiary/aromatic N) is 1. The van der Waals surface area contributed by atoms with Gasteiger partial charge in [0.1, 0.15) is 0 Å². The van der Waals surface area contributed by atoms with Gasteiger partial charge < -0.3 is 5.32 Å². The van der Waals surface area contributed by atoms with E-state index in [1.807, 2.05) is 0 Å². The Kier molecular flexibility index (Phi) is 5.12. The van der Waals surface area contributed by atoms with Gasteiger partial charge in [-0.25, -0.2) is 0 Å². The van der Waals surface area contributed by atoms with Crippen LogP contribution in [-0.4, -0.2) is 34.1 Å². The Morgan fingerprint density at radius 3 is 1.74 bits per heavy atom. The second kappa shape index (κ2) is 5.73. The van der Waals surface area contributed by atoms with Gasteiger partial charge in [0.05, 0.1) is 11.1 Å². The topological polar surface area (TPSA) is 19.9 Å². The molecule has 1 aliphatic rings. The zero-order valence-corrected chi connectivity index (χ0v) is 14.6. The lowest BCUT2D eigenvalue weighted by atomic mass is 9.77. The fourth-order valence-corrected chi connectivity index (χ4v) is 4.42. The van der Waals surface area contributed by atoms with E-state index in [-0.39, 0.29) is 0 Å². The molecule has 1 aliphatic heterocycles. The van der Waals surface area contributed by atoms with Crippen LogP contribution in [0, 0.1) is 0 Å². The predicted molar refractivity (Wildman–Crippen MR) is 84.5 cm³/mol. The predicted octanol–water partition coefficient (Wildman–Crippen LogP) is 3.17. The summed E-state index contributed by atoms with van der Waals surface area (Å²) in [6.45, 7) is 20.3. The van der Waals surface area contributed by atoms with Crippen molar-refractivity contribution in [1.82, 2.24) is 4.90 Å². The van der Waals surface area contributed by atoms with Gasteiger partial charge >= 0.3 is 0 Å². The highest BCUT2D eigenvalue weighted by atomic mass is 15.2. The summed E-state index contributed by atoms with van der Waals surface area (Å²) >= 11 is 0. The molecule has 0 spiro atoms. The van der Waals surface area contributed by atoms with Crippen LogP contribution in [0.25, 0.3) is 0 Å². The SMILES string of the molecule is CCN(C1CC(C)(C)[NH2+]C(C)(C)C1)C(C)(CC)CC. The Balaban J connectivity index is 2.98. The Labute approximate surface area is 121 Å². The van der Waals surface area contributed by atoms with Crippen molar-refractivity contribution in [2.24, 2.45) is 0 Å². The average Bonchev–Trinajstić information content (AvgIpc) is 2.25. The van der Waals surface area contributed by atoms with Crippen molar-refractivity contribution in [3.05, 3.63) is 0 Å². The second-order valence-electron chi connectivity index (χ2n) is 8.17. The lowest BCUT2D eigenvalue weighted by Gasteiger charge is -2.51. The average molecular weight is 269 g/mol. The van der Waals surface area contributed by atoms with Crippen molar-refractivity contribution < 1.29 is 5.32 Å². The fourth-order valence-electron chi connectivity index (χ4n) is 4.42. The van der Waals surface area contributed by atoms with E-state index in [1.165, 1.54) is 32.2 Å². The first-order valence-electron chi connectivity index (χ1n) is 8.23. The molecule has 0 aromatic carbocycles. The van der Waals surface area contributed by atoms with Gasteiger partial charge in [0.25, 0.3) is 0 Å². The van der Waals surface area contributed by atoms with Gasteiger partial charge in [-0.15, -0.1) is 0 Å². The molecule has 0 radical (unpaired) electrons. The van der Waals surface area contributed by atoms with E-state index >= 15 is 0 Å². The van der Waals surface area contributed by atoms with E-state index < -0.39 is 0 Å². The van der Waals surface area contributed by atoms with Crippen molar-refractivity contribution >= 4 is 0 Å². The van der Waals surface area contributed by atoms with Crippen molar-refractivity contribution in [3.8, 4) is 0 Å². The fraction of sp³-hybridized carbons (Fsp3) is 1.00. The summed E-state index contributed by atoms with van der Waals surface area (Å²) < 4.78 is 0. The summed E-state index contributed by atoms with van der Waals surface area (Å²) in [6, 6.07) is 0.727. The maximum Gasteiger partial charge on any atom is 0.0923 e. The highest BCUT2D eigenvalue weighted by Crippen LogP contribution is 2.33. The maximum absolute atomic E-state index is 2.80. The first-order chi connectivity index (χ1) is 8.59. The van der Waals surface area contributed by atoms with Gasteiger partial charge in [-0.1, -0.05) is 20.8 Å². The summed E-state index contributed by atoms with van der Waals surface area (Å²) in [4.78, 5) is 2.80. The lowest BCUT2D eigenvalue weighted by Crippen LogP contribution is -3.06. The van der Waals surface area contributed by atoms with Crippen LogP contribution in [0.1, 0.15) is 81.1 Å². The van der Waals surface area contributed by atoms with Gasteiger partial charge in [0, 0.05) is 24.4 Å². The zero-order valence-electron chi connectivity index (χ0n) is 14.6. The summed E-state index contributed by atoms with van der Waals surface area (Å²) in [5.74, 6) is 0. The van der Waals surface area contributed by atoms with E-state index in [4.69, 9.17) is 0 Å². The minimum absolute atomic E-state index is 0.363. The highest BCUT2D eigenvalue weighted by Gasteiger charge is 2.46. The summed E-state index contributed by atoms with van der Waals surface area (Å²) in [6.07, 6.45) is 5.11. The molecule has 1 fully saturated rings. The van der Waals surface area contributed by atoms with Crippen LogP contribution in [0.4, 0.5) is 0 Å². The van der Waals surface area contributed by atoms with Gasteiger partial charge in [-0.3, -0.25) is 4.90 Å². The molecule has 1 rings (SSSR count). The largest absolute Gasteiger partial charge is 0.337 e. The third-order valence-corrected chi connectivity index (χ3v) is 5.30. The molecule has 0 unspecified atom stereocenters. The van der Waals surface area contributed by atoms with Crippen LogP contribution in [0.15, 0.2) is 0 Å². The van der Waals surface area contributed by atoms with E-state index in [2.05, 4.69) is 65.6 Å². The first-order valence-corrected chi connectivity index (χ1v) is 8.23. The molecule has 1 saturated heterocycles. The van der Waals surface area contributed by atoms with Crippen molar-refractivity contribution in [2.75, 3.05) is 6.54 Å².